The molecule has 0 saturated carbocycles. The van der Waals surface area contributed by atoms with Crippen molar-refractivity contribution >= 4 is 33.5 Å². The van der Waals surface area contributed by atoms with Crippen molar-refractivity contribution in [2.75, 3.05) is 18.4 Å². The van der Waals surface area contributed by atoms with Crippen molar-refractivity contribution < 1.29 is 30.8 Å². The first-order valence-electron chi connectivity index (χ1n) is 10.1. The molecule has 1 aromatic heterocycles. The van der Waals surface area contributed by atoms with Gasteiger partial charge >= 0.3 is 12.2 Å². The van der Waals surface area contributed by atoms with Crippen molar-refractivity contribution in [1.29, 1.82) is 0 Å². The number of halogens is 4. The zero-order valence-corrected chi connectivity index (χ0v) is 19.0. The molecule has 1 aliphatic rings. The fourth-order valence-corrected chi connectivity index (χ4v) is 5.16. The maximum atomic E-state index is 13.1. The van der Waals surface area contributed by atoms with Gasteiger partial charge in [0.2, 0.25) is 15.9 Å². The molecule has 0 aliphatic carbocycles. The fourth-order valence-electron chi connectivity index (χ4n) is 3.51. The van der Waals surface area contributed by atoms with Crippen LogP contribution in [-0.4, -0.2) is 48.1 Å². The maximum absolute atomic E-state index is 13.1. The molecular formula is C21H18ClF3N4O4S. The number of carbonyl (C=O) groups is 1. The van der Waals surface area contributed by atoms with Crippen molar-refractivity contribution in [3.8, 4) is 11.5 Å². The molecule has 0 bridgehead atoms. The molecule has 3 aromatic rings. The van der Waals surface area contributed by atoms with Gasteiger partial charge in [0.1, 0.15) is 0 Å². The number of alkyl halides is 3. The summed E-state index contributed by atoms with van der Waals surface area (Å²) in [6, 6.07) is 11.3. The molecule has 2 heterocycles. The number of sulfonamides is 1. The number of aromatic nitrogens is 2. The third-order valence-corrected chi connectivity index (χ3v) is 7.47. The smallest absolute Gasteiger partial charge is 0.393 e. The number of carbonyl (C=O) groups excluding carboxylic acids is 1. The standard InChI is InChI=1S/C21H18ClF3N4O4S/c22-16-7-3-14(4-8-16)19-27-28-20(33-19)26-18(30)13-5-9-17(10-6-13)34(31,32)29-11-1-2-15(12-29)21(23,24)25/h3-10,15H,1-2,11-12H2,(H,26,28,30). The molecule has 1 aliphatic heterocycles. The van der Waals surface area contributed by atoms with E-state index in [4.69, 9.17) is 16.0 Å². The van der Waals surface area contributed by atoms with E-state index in [9.17, 15) is 26.4 Å². The highest BCUT2D eigenvalue weighted by Crippen LogP contribution is 2.35. The maximum Gasteiger partial charge on any atom is 0.393 e. The summed E-state index contributed by atoms with van der Waals surface area (Å²) >= 11 is 5.84. The van der Waals surface area contributed by atoms with Gasteiger partial charge in [0.05, 0.1) is 10.8 Å². The van der Waals surface area contributed by atoms with E-state index in [1.165, 1.54) is 24.3 Å². The van der Waals surface area contributed by atoms with Crippen molar-refractivity contribution in [3.05, 3.63) is 59.1 Å². The second-order valence-electron chi connectivity index (χ2n) is 7.64. The van der Waals surface area contributed by atoms with Crippen LogP contribution in [0.1, 0.15) is 23.2 Å². The van der Waals surface area contributed by atoms with Crippen molar-refractivity contribution in [2.24, 2.45) is 5.92 Å². The Balaban J connectivity index is 1.44. The number of piperidine rings is 1. The van der Waals surface area contributed by atoms with Crippen LogP contribution >= 0.6 is 11.6 Å². The molecule has 0 spiro atoms. The normalized spacial score (nSPS) is 17.5. The molecule has 1 atom stereocenters. The zero-order chi connectivity index (χ0) is 24.5. The van der Waals surface area contributed by atoms with E-state index in [0.717, 1.165) is 4.31 Å². The number of anilines is 1. The average Bonchev–Trinajstić information content (AvgIpc) is 3.27. The van der Waals surface area contributed by atoms with Gasteiger partial charge in [0, 0.05) is 29.2 Å². The van der Waals surface area contributed by atoms with Gasteiger partial charge in [-0.3, -0.25) is 10.1 Å². The zero-order valence-electron chi connectivity index (χ0n) is 17.4. The lowest BCUT2D eigenvalue weighted by Gasteiger charge is -2.32. The average molecular weight is 515 g/mol. The number of amides is 1. The Morgan fingerprint density at radius 3 is 2.41 bits per heavy atom. The van der Waals surface area contributed by atoms with Gasteiger partial charge in [-0.2, -0.15) is 17.5 Å². The highest BCUT2D eigenvalue weighted by atomic mass is 35.5. The first-order chi connectivity index (χ1) is 16.0. The molecule has 1 N–H and O–H groups in total. The van der Waals surface area contributed by atoms with Gasteiger partial charge < -0.3 is 4.42 Å². The Morgan fingerprint density at radius 2 is 1.76 bits per heavy atom. The number of rotatable bonds is 5. The number of nitrogens with zero attached hydrogens (tertiary/aromatic N) is 3. The SMILES string of the molecule is O=C(Nc1nnc(-c2ccc(Cl)cc2)o1)c1ccc(S(=O)(=O)N2CCCC(C(F)(F)F)C2)cc1. The fraction of sp³-hybridized carbons (Fsp3) is 0.286. The number of nitrogens with one attached hydrogen (secondary N) is 1. The van der Waals surface area contributed by atoms with Crippen LogP contribution in [-0.2, 0) is 10.0 Å². The monoisotopic (exact) mass is 514 g/mol. The summed E-state index contributed by atoms with van der Waals surface area (Å²) in [6.07, 6.45) is -4.45. The number of benzene rings is 2. The van der Waals surface area contributed by atoms with Crippen LogP contribution in [0.15, 0.2) is 57.8 Å². The minimum Gasteiger partial charge on any atom is -0.403 e. The Bertz CT molecular complexity index is 1280. The van der Waals surface area contributed by atoms with Crippen molar-refractivity contribution in [2.45, 2.75) is 23.9 Å². The third-order valence-electron chi connectivity index (χ3n) is 5.34. The van der Waals surface area contributed by atoms with E-state index in [1.807, 2.05) is 0 Å². The predicted molar refractivity (Wildman–Crippen MR) is 117 cm³/mol. The van der Waals surface area contributed by atoms with Gasteiger partial charge in [-0.1, -0.05) is 16.7 Å². The summed E-state index contributed by atoms with van der Waals surface area (Å²) < 4.78 is 71.0. The topological polar surface area (TPSA) is 105 Å². The van der Waals surface area contributed by atoms with Crippen LogP contribution < -0.4 is 5.32 Å². The largest absolute Gasteiger partial charge is 0.403 e. The predicted octanol–water partition coefficient (Wildman–Crippen LogP) is 4.61. The summed E-state index contributed by atoms with van der Waals surface area (Å²) in [5.74, 6) is -2.18. The van der Waals surface area contributed by atoms with Gasteiger partial charge in [-0.15, -0.1) is 5.10 Å². The molecule has 8 nitrogen and oxygen atoms in total. The molecule has 1 fully saturated rings. The van der Waals surface area contributed by atoms with Crippen molar-refractivity contribution in [1.82, 2.24) is 14.5 Å². The minimum atomic E-state index is -4.46. The van der Waals surface area contributed by atoms with Crippen LogP contribution in [0.4, 0.5) is 19.2 Å². The van der Waals surface area contributed by atoms with E-state index in [2.05, 4.69) is 15.5 Å². The summed E-state index contributed by atoms with van der Waals surface area (Å²) in [7, 11) is -4.14. The van der Waals surface area contributed by atoms with Crippen LogP contribution in [0.3, 0.4) is 0 Å². The summed E-state index contributed by atoms with van der Waals surface area (Å²) in [6.45, 7) is -0.620. The molecule has 180 valence electrons. The highest BCUT2D eigenvalue weighted by Gasteiger charge is 2.44. The lowest BCUT2D eigenvalue weighted by Crippen LogP contribution is -2.44. The molecule has 1 unspecified atom stereocenters. The van der Waals surface area contributed by atoms with Crippen LogP contribution in [0, 0.1) is 5.92 Å². The van der Waals surface area contributed by atoms with Crippen LogP contribution in [0.25, 0.3) is 11.5 Å². The highest BCUT2D eigenvalue weighted by molar-refractivity contribution is 7.89. The van der Waals surface area contributed by atoms with E-state index in [-0.39, 0.29) is 41.8 Å². The molecule has 34 heavy (non-hydrogen) atoms. The van der Waals surface area contributed by atoms with E-state index >= 15 is 0 Å². The molecular weight excluding hydrogens is 497 g/mol. The van der Waals surface area contributed by atoms with Gasteiger partial charge in [-0.25, -0.2) is 8.42 Å². The number of hydrogen-bond donors (Lipinski definition) is 1. The third kappa shape index (κ3) is 5.24. The molecule has 1 amide bonds. The van der Waals surface area contributed by atoms with Crippen LogP contribution in [0.2, 0.25) is 5.02 Å². The first-order valence-corrected chi connectivity index (χ1v) is 11.9. The first kappa shape index (κ1) is 24.2. The van der Waals surface area contributed by atoms with Gasteiger partial charge in [-0.05, 0) is 61.4 Å². The van der Waals surface area contributed by atoms with Gasteiger partial charge in [0.25, 0.3) is 5.91 Å². The number of hydrogen-bond acceptors (Lipinski definition) is 6. The Hall–Kier alpha value is -2.96. The molecule has 13 heteroatoms. The summed E-state index contributed by atoms with van der Waals surface area (Å²) in [4.78, 5) is 12.3. The van der Waals surface area contributed by atoms with Crippen molar-refractivity contribution in [3.63, 3.8) is 0 Å². The van der Waals surface area contributed by atoms with E-state index < -0.39 is 34.6 Å². The summed E-state index contributed by atoms with van der Waals surface area (Å²) in [5, 5.41) is 10.5. The Labute approximate surface area is 197 Å². The molecule has 1 saturated heterocycles. The second-order valence-corrected chi connectivity index (χ2v) is 10.0. The summed E-state index contributed by atoms with van der Waals surface area (Å²) in [5.41, 5.74) is 0.689. The molecule has 2 aromatic carbocycles. The quantitative estimate of drug-likeness (QED) is 0.533. The lowest BCUT2D eigenvalue weighted by molar-refractivity contribution is -0.182. The Kier molecular flexibility index (Phi) is 6.65. The lowest BCUT2D eigenvalue weighted by atomic mass is 9.99. The van der Waals surface area contributed by atoms with Crippen LogP contribution in [0.5, 0.6) is 0 Å². The van der Waals surface area contributed by atoms with E-state index in [0.29, 0.717) is 10.6 Å². The molecule has 0 radical (unpaired) electrons. The second kappa shape index (κ2) is 9.35. The molecule has 4 rings (SSSR count). The van der Waals surface area contributed by atoms with E-state index in [1.54, 1.807) is 24.3 Å². The van der Waals surface area contributed by atoms with Gasteiger partial charge in [0.15, 0.2) is 0 Å². The minimum absolute atomic E-state index is 0.00423. The Morgan fingerprint density at radius 1 is 1.09 bits per heavy atom.